The van der Waals surface area contributed by atoms with E-state index in [1.54, 1.807) is 44.8 Å². The first-order chi connectivity index (χ1) is 16.7. The fourth-order valence-corrected chi connectivity index (χ4v) is 3.07. The van der Waals surface area contributed by atoms with Gasteiger partial charge < -0.3 is 34.1 Å². The maximum absolute atomic E-state index is 10.2. The fourth-order valence-electron chi connectivity index (χ4n) is 3.07. The largest absolute Gasteiger partial charge is 0.493 e. The Bertz CT molecular complexity index is 972. The van der Waals surface area contributed by atoms with Gasteiger partial charge in [-0.3, -0.25) is 0 Å². The van der Waals surface area contributed by atoms with E-state index in [4.69, 9.17) is 23.7 Å². The van der Waals surface area contributed by atoms with E-state index in [-0.39, 0.29) is 6.61 Å². The molecule has 2 aromatic carbocycles. The van der Waals surface area contributed by atoms with Crippen molar-refractivity contribution in [2.24, 2.45) is 0 Å². The van der Waals surface area contributed by atoms with Crippen molar-refractivity contribution in [3.05, 3.63) is 66.5 Å². The quantitative estimate of drug-likeness (QED) is 0.325. The molecule has 0 bridgehead atoms. The van der Waals surface area contributed by atoms with E-state index in [2.05, 4.69) is 15.3 Å². The van der Waals surface area contributed by atoms with Gasteiger partial charge >= 0.3 is 6.01 Å². The van der Waals surface area contributed by atoms with Crippen LogP contribution in [0.25, 0.3) is 0 Å². The first kappa shape index (κ1) is 25.1. The summed E-state index contributed by atoms with van der Waals surface area (Å²) in [7, 11) is 3.24. The minimum absolute atomic E-state index is 0.189. The van der Waals surface area contributed by atoms with E-state index >= 15 is 0 Å². The van der Waals surface area contributed by atoms with Crippen molar-refractivity contribution < 1.29 is 28.8 Å². The van der Waals surface area contributed by atoms with Crippen molar-refractivity contribution in [2.45, 2.75) is 12.5 Å². The van der Waals surface area contributed by atoms with Crippen LogP contribution in [-0.2, 0) is 6.42 Å². The summed E-state index contributed by atoms with van der Waals surface area (Å²) in [5, 5.41) is 13.4. The van der Waals surface area contributed by atoms with E-state index in [1.165, 1.54) is 0 Å². The van der Waals surface area contributed by atoms with Gasteiger partial charge in [-0.1, -0.05) is 6.07 Å². The van der Waals surface area contributed by atoms with Crippen LogP contribution < -0.4 is 29.0 Å². The molecule has 0 aliphatic carbocycles. The Balaban J connectivity index is 1.28. The van der Waals surface area contributed by atoms with Crippen molar-refractivity contribution in [1.82, 2.24) is 15.3 Å². The number of hydrogen-bond acceptors (Lipinski definition) is 9. The van der Waals surface area contributed by atoms with Crippen molar-refractivity contribution >= 4 is 0 Å². The highest BCUT2D eigenvalue weighted by Gasteiger charge is 2.07. The smallest absolute Gasteiger partial charge is 0.316 e. The van der Waals surface area contributed by atoms with Gasteiger partial charge in [0.25, 0.3) is 0 Å². The molecule has 1 heterocycles. The highest BCUT2D eigenvalue weighted by molar-refractivity contribution is 5.43. The molecule has 0 spiro atoms. The first-order valence-electron chi connectivity index (χ1n) is 11.0. The highest BCUT2D eigenvalue weighted by Crippen LogP contribution is 2.27. The minimum atomic E-state index is -0.626. The number of benzene rings is 2. The van der Waals surface area contributed by atoms with Crippen LogP contribution in [0, 0.1) is 0 Å². The van der Waals surface area contributed by atoms with Crippen LogP contribution in [0.3, 0.4) is 0 Å². The first-order valence-corrected chi connectivity index (χ1v) is 11.0. The molecule has 0 fully saturated rings. The Kier molecular flexibility index (Phi) is 10.2. The van der Waals surface area contributed by atoms with Gasteiger partial charge in [0.15, 0.2) is 11.5 Å². The van der Waals surface area contributed by atoms with Crippen LogP contribution >= 0.6 is 0 Å². The number of ether oxygens (including phenoxy) is 5. The van der Waals surface area contributed by atoms with E-state index in [0.717, 1.165) is 18.5 Å². The Morgan fingerprint density at radius 1 is 0.853 bits per heavy atom. The second-order valence-corrected chi connectivity index (χ2v) is 7.31. The second-order valence-electron chi connectivity index (χ2n) is 7.31. The third kappa shape index (κ3) is 8.42. The Morgan fingerprint density at radius 3 is 2.24 bits per heavy atom. The average Bonchev–Trinajstić information content (AvgIpc) is 2.89. The summed E-state index contributed by atoms with van der Waals surface area (Å²) in [5.74, 6) is 2.77. The van der Waals surface area contributed by atoms with Crippen LogP contribution in [0.2, 0.25) is 0 Å². The molecule has 2 N–H and O–H groups in total. The minimum Gasteiger partial charge on any atom is -0.493 e. The van der Waals surface area contributed by atoms with Crippen LogP contribution in [0.4, 0.5) is 0 Å². The average molecular weight is 470 g/mol. The number of aliphatic hydroxyl groups excluding tert-OH is 1. The zero-order valence-electron chi connectivity index (χ0n) is 19.5. The van der Waals surface area contributed by atoms with Crippen molar-refractivity contribution in [3.8, 4) is 29.0 Å². The maximum atomic E-state index is 10.2. The van der Waals surface area contributed by atoms with Crippen LogP contribution in [-0.4, -0.2) is 68.3 Å². The summed E-state index contributed by atoms with van der Waals surface area (Å²) >= 11 is 0. The summed E-state index contributed by atoms with van der Waals surface area (Å²) in [6.07, 6.45) is 3.42. The zero-order chi connectivity index (χ0) is 24.0. The maximum Gasteiger partial charge on any atom is 0.316 e. The molecule has 1 aromatic heterocycles. The number of methoxy groups -OCH3 is 2. The molecule has 0 radical (unpaired) electrons. The molecular weight excluding hydrogens is 438 g/mol. The molecule has 182 valence electrons. The molecule has 9 nitrogen and oxygen atoms in total. The molecular formula is C25H31N3O6. The highest BCUT2D eigenvalue weighted by atomic mass is 16.5. The fraction of sp³-hybridized carbons (Fsp3) is 0.360. The number of rotatable bonds is 15. The third-order valence-corrected chi connectivity index (χ3v) is 4.81. The Labute approximate surface area is 199 Å². The van der Waals surface area contributed by atoms with Gasteiger partial charge in [0.05, 0.1) is 14.2 Å². The van der Waals surface area contributed by atoms with E-state index in [1.807, 2.05) is 30.3 Å². The molecule has 3 aromatic rings. The molecule has 0 aliphatic heterocycles. The number of nitrogens with zero attached hydrogens (tertiary/aromatic N) is 2. The predicted molar refractivity (Wildman–Crippen MR) is 127 cm³/mol. The Hall–Kier alpha value is -3.56. The van der Waals surface area contributed by atoms with Gasteiger partial charge in [0.1, 0.15) is 37.4 Å². The van der Waals surface area contributed by atoms with E-state index < -0.39 is 6.10 Å². The molecule has 0 amide bonds. The third-order valence-electron chi connectivity index (χ3n) is 4.81. The normalized spacial score (nSPS) is 11.5. The number of aliphatic hydroxyl groups is 1. The topological polar surface area (TPSA) is 104 Å². The lowest BCUT2D eigenvalue weighted by Gasteiger charge is -2.14. The molecule has 1 atom stereocenters. The van der Waals surface area contributed by atoms with Gasteiger partial charge in [-0.2, -0.15) is 0 Å². The van der Waals surface area contributed by atoms with Crippen LogP contribution in [0.5, 0.6) is 29.0 Å². The Morgan fingerprint density at radius 2 is 1.53 bits per heavy atom. The summed E-state index contributed by atoms with van der Waals surface area (Å²) < 4.78 is 27.2. The summed E-state index contributed by atoms with van der Waals surface area (Å²) in [6, 6.07) is 15.1. The van der Waals surface area contributed by atoms with Crippen molar-refractivity contribution in [3.63, 3.8) is 0 Å². The summed E-state index contributed by atoms with van der Waals surface area (Å²) in [6.45, 7) is 2.05. The molecule has 0 saturated carbocycles. The molecule has 9 heteroatoms. The molecule has 0 aliphatic rings. The number of aromatic nitrogens is 2. The second kappa shape index (κ2) is 13.9. The predicted octanol–water partition coefficient (Wildman–Crippen LogP) is 2.52. The molecule has 34 heavy (non-hydrogen) atoms. The van der Waals surface area contributed by atoms with E-state index in [9.17, 15) is 5.11 Å². The van der Waals surface area contributed by atoms with Gasteiger partial charge in [0, 0.05) is 18.9 Å². The van der Waals surface area contributed by atoms with Crippen molar-refractivity contribution in [2.75, 3.05) is 47.1 Å². The monoisotopic (exact) mass is 469 g/mol. The lowest BCUT2D eigenvalue weighted by Crippen LogP contribution is -2.32. The van der Waals surface area contributed by atoms with Gasteiger partial charge in [-0.25, -0.2) is 9.97 Å². The van der Waals surface area contributed by atoms with Gasteiger partial charge in [-0.05, 0) is 61.0 Å². The molecule has 0 saturated heterocycles. The van der Waals surface area contributed by atoms with Gasteiger partial charge in [-0.15, -0.1) is 0 Å². The lowest BCUT2D eigenvalue weighted by molar-refractivity contribution is 0.106. The standard InChI is InChI=1S/C25H31N3O6/c1-30-23-9-4-19(16-24(23)31-2)10-13-26-17-20(29)18-34-22-7-5-21(6-8-22)32-14-15-33-25-27-11-3-12-28-25/h3-9,11-12,16,20,26,29H,10,13-15,17-18H2,1-2H3. The van der Waals surface area contributed by atoms with E-state index in [0.29, 0.717) is 48.8 Å². The molecule has 1 unspecified atom stereocenters. The van der Waals surface area contributed by atoms with Crippen molar-refractivity contribution in [1.29, 1.82) is 0 Å². The lowest BCUT2D eigenvalue weighted by atomic mass is 10.1. The summed E-state index contributed by atoms with van der Waals surface area (Å²) in [5.41, 5.74) is 1.12. The summed E-state index contributed by atoms with van der Waals surface area (Å²) in [4.78, 5) is 7.96. The van der Waals surface area contributed by atoms with Gasteiger partial charge in [0.2, 0.25) is 0 Å². The number of nitrogens with one attached hydrogen (secondary N) is 1. The SMILES string of the molecule is COc1ccc(CCNCC(O)COc2ccc(OCCOc3ncccn3)cc2)cc1OC. The van der Waals surface area contributed by atoms with Crippen LogP contribution in [0.15, 0.2) is 60.9 Å². The zero-order valence-corrected chi connectivity index (χ0v) is 19.5. The number of hydrogen-bond donors (Lipinski definition) is 2. The van der Waals surface area contributed by atoms with Crippen LogP contribution in [0.1, 0.15) is 5.56 Å². The molecule has 3 rings (SSSR count).